The number of hydrogen-bond donors (Lipinski definition) is 0. The summed E-state index contributed by atoms with van der Waals surface area (Å²) in [6, 6.07) is 17.0. The molecule has 4 heteroatoms. The number of hydrogen-bond acceptors (Lipinski definition) is 2. The second-order valence-corrected chi connectivity index (χ2v) is 7.13. The minimum Gasteiger partial charge on any atom is -0.333 e. The molecule has 2 aromatic carbocycles. The molecule has 0 spiro atoms. The van der Waals surface area contributed by atoms with Crippen LogP contribution in [0.15, 0.2) is 48.5 Å². The van der Waals surface area contributed by atoms with Crippen molar-refractivity contribution in [1.82, 2.24) is 14.5 Å². The molecule has 0 radical (unpaired) electrons. The predicted molar refractivity (Wildman–Crippen MR) is 104 cm³/mol. The molecule has 1 aromatic heterocycles. The first kappa shape index (κ1) is 16.8. The number of aryl methyl sites for hydroxylation is 1. The lowest BCUT2D eigenvalue weighted by Gasteiger charge is -2.25. The number of likely N-dealkylation sites (tertiary alicyclic amines) is 1. The first-order valence-corrected chi connectivity index (χ1v) is 9.47. The van der Waals surface area contributed by atoms with Gasteiger partial charge in [0.25, 0.3) is 0 Å². The third-order valence-electron chi connectivity index (χ3n) is 5.28. The summed E-state index contributed by atoms with van der Waals surface area (Å²) in [6.07, 6.45) is 2.58. The van der Waals surface area contributed by atoms with E-state index in [0.29, 0.717) is 6.42 Å². The van der Waals surface area contributed by atoms with Gasteiger partial charge in [-0.3, -0.25) is 4.79 Å². The van der Waals surface area contributed by atoms with E-state index in [1.807, 2.05) is 17.9 Å². The van der Waals surface area contributed by atoms with Gasteiger partial charge in [0.1, 0.15) is 5.82 Å². The fraction of sp³-hybridized carbons (Fsp3) is 0.364. The van der Waals surface area contributed by atoms with Crippen molar-refractivity contribution in [3.63, 3.8) is 0 Å². The van der Waals surface area contributed by atoms with Crippen molar-refractivity contribution in [3.8, 4) is 0 Å². The van der Waals surface area contributed by atoms with Crippen LogP contribution in [0.1, 0.15) is 49.2 Å². The maximum absolute atomic E-state index is 12.4. The summed E-state index contributed by atoms with van der Waals surface area (Å²) in [6.45, 7) is 5.68. The number of rotatable bonds is 4. The van der Waals surface area contributed by atoms with Crippen LogP contribution in [0.3, 0.4) is 0 Å². The van der Waals surface area contributed by atoms with E-state index in [1.54, 1.807) is 0 Å². The van der Waals surface area contributed by atoms with Gasteiger partial charge in [0.15, 0.2) is 0 Å². The van der Waals surface area contributed by atoms with Crippen molar-refractivity contribution in [3.05, 3.63) is 65.5 Å². The minimum absolute atomic E-state index is 0.0830. The molecule has 1 atom stereocenters. The minimum atomic E-state index is 0.0830. The van der Waals surface area contributed by atoms with Gasteiger partial charge in [0.05, 0.1) is 17.1 Å². The van der Waals surface area contributed by atoms with E-state index < -0.39 is 0 Å². The zero-order valence-corrected chi connectivity index (χ0v) is 15.5. The smallest absolute Gasteiger partial charge is 0.222 e. The van der Waals surface area contributed by atoms with E-state index in [2.05, 4.69) is 54.0 Å². The number of imidazole rings is 1. The maximum atomic E-state index is 12.4. The number of carbonyl (C=O) groups is 1. The highest BCUT2D eigenvalue weighted by molar-refractivity contribution is 5.78. The topological polar surface area (TPSA) is 38.1 Å². The van der Waals surface area contributed by atoms with E-state index in [-0.39, 0.29) is 11.9 Å². The van der Waals surface area contributed by atoms with Crippen molar-refractivity contribution in [2.45, 2.75) is 45.7 Å². The molecule has 0 saturated carbocycles. The Morgan fingerprint density at radius 1 is 1.19 bits per heavy atom. The summed E-state index contributed by atoms with van der Waals surface area (Å²) in [4.78, 5) is 19.4. The lowest BCUT2D eigenvalue weighted by Crippen LogP contribution is -2.31. The Balaban J connectivity index is 1.80. The average molecular weight is 347 g/mol. The van der Waals surface area contributed by atoms with Crippen molar-refractivity contribution < 1.29 is 4.79 Å². The Bertz CT molecular complexity index is 943. The Kier molecular flexibility index (Phi) is 4.49. The number of amides is 1. The number of carbonyl (C=O) groups excluding carboxylic acids is 1. The summed E-state index contributed by atoms with van der Waals surface area (Å²) in [5.74, 6) is 1.24. The number of aromatic nitrogens is 2. The van der Waals surface area contributed by atoms with Crippen molar-refractivity contribution in [1.29, 1.82) is 0 Å². The highest BCUT2D eigenvalue weighted by Crippen LogP contribution is 2.34. The van der Waals surface area contributed by atoms with Crippen LogP contribution in [0.5, 0.6) is 0 Å². The average Bonchev–Trinajstić information content (AvgIpc) is 3.26. The lowest BCUT2D eigenvalue weighted by molar-refractivity contribution is -0.131. The fourth-order valence-corrected chi connectivity index (χ4v) is 4.04. The van der Waals surface area contributed by atoms with E-state index in [9.17, 15) is 4.79 Å². The first-order chi connectivity index (χ1) is 12.7. The van der Waals surface area contributed by atoms with E-state index in [4.69, 9.17) is 4.98 Å². The molecule has 1 fully saturated rings. The Hall–Kier alpha value is -2.62. The maximum Gasteiger partial charge on any atom is 0.222 e. The molecule has 1 unspecified atom stereocenters. The summed E-state index contributed by atoms with van der Waals surface area (Å²) in [5, 5.41) is 0. The van der Waals surface area contributed by atoms with Crippen LogP contribution in [0.4, 0.5) is 0 Å². The number of nitrogens with zero attached hydrogens (tertiary/aromatic N) is 3. The zero-order valence-electron chi connectivity index (χ0n) is 15.5. The van der Waals surface area contributed by atoms with Crippen LogP contribution in [-0.4, -0.2) is 26.9 Å². The number of para-hydroxylation sites is 2. The van der Waals surface area contributed by atoms with Crippen LogP contribution >= 0.6 is 0 Å². The van der Waals surface area contributed by atoms with Crippen LogP contribution in [0, 0.1) is 6.92 Å². The second kappa shape index (κ2) is 6.94. The van der Waals surface area contributed by atoms with Crippen LogP contribution in [0.25, 0.3) is 11.0 Å². The third kappa shape index (κ3) is 3.00. The number of benzene rings is 2. The molecule has 1 amide bonds. The SMILES string of the molecule is CCC(=O)N1CCCC1c1nc2ccccc2n1Cc1cccc(C)c1. The lowest BCUT2D eigenvalue weighted by atomic mass is 10.1. The van der Waals surface area contributed by atoms with Crippen LogP contribution in [-0.2, 0) is 11.3 Å². The summed E-state index contributed by atoms with van der Waals surface area (Å²) < 4.78 is 2.30. The largest absolute Gasteiger partial charge is 0.333 e. The molecule has 3 aromatic rings. The molecule has 4 rings (SSSR count). The first-order valence-electron chi connectivity index (χ1n) is 9.47. The van der Waals surface area contributed by atoms with Crippen LogP contribution < -0.4 is 0 Å². The van der Waals surface area contributed by atoms with Crippen molar-refractivity contribution in [2.75, 3.05) is 6.54 Å². The van der Waals surface area contributed by atoms with E-state index in [0.717, 1.165) is 42.8 Å². The Morgan fingerprint density at radius 2 is 2.04 bits per heavy atom. The van der Waals surface area contributed by atoms with Gasteiger partial charge in [0.2, 0.25) is 5.91 Å². The molecule has 134 valence electrons. The summed E-state index contributed by atoms with van der Waals surface area (Å²) >= 11 is 0. The zero-order chi connectivity index (χ0) is 18.1. The molecule has 26 heavy (non-hydrogen) atoms. The van der Waals surface area contributed by atoms with E-state index in [1.165, 1.54) is 11.1 Å². The fourth-order valence-electron chi connectivity index (χ4n) is 4.04. The molecule has 0 aliphatic carbocycles. The third-order valence-corrected chi connectivity index (χ3v) is 5.28. The molecule has 0 bridgehead atoms. The summed E-state index contributed by atoms with van der Waals surface area (Å²) in [7, 11) is 0. The quantitative estimate of drug-likeness (QED) is 0.698. The van der Waals surface area contributed by atoms with E-state index >= 15 is 0 Å². The van der Waals surface area contributed by atoms with Crippen molar-refractivity contribution >= 4 is 16.9 Å². The monoisotopic (exact) mass is 347 g/mol. The molecule has 1 saturated heterocycles. The summed E-state index contributed by atoms with van der Waals surface area (Å²) in [5.41, 5.74) is 4.67. The number of fused-ring (bicyclic) bond motifs is 1. The normalized spacial score (nSPS) is 17.2. The molecule has 2 heterocycles. The predicted octanol–water partition coefficient (Wildman–Crippen LogP) is 4.47. The van der Waals surface area contributed by atoms with Gasteiger partial charge in [-0.15, -0.1) is 0 Å². The Morgan fingerprint density at radius 3 is 2.85 bits per heavy atom. The highest BCUT2D eigenvalue weighted by Gasteiger charge is 2.32. The molecule has 1 aliphatic heterocycles. The van der Waals surface area contributed by atoms with Gasteiger partial charge in [-0.25, -0.2) is 4.98 Å². The van der Waals surface area contributed by atoms with Gasteiger partial charge in [-0.1, -0.05) is 48.9 Å². The standard InChI is InChI=1S/C22H25N3O/c1-3-21(26)24-13-7-12-20(24)22-23-18-10-4-5-11-19(18)25(22)15-17-9-6-8-16(2)14-17/h4-6,8-11,14,20H,3,7,12-13,15H2,1-2H3. The van der Waals surface area contributed by atoms with Gasteiger partial charge >= 0.3 is 0 Å². The molecular formula is C22H25N3O. The Labute approximate surface area is 154 Å². The molecular weight excluding hydrogens is 322 g/mol. The van der Waals surface area contributed by atoms with Gasteiger partial charge in [-0.2, -0.15) is 0 Å². The molecule has 1 aliphatic rings. The van der Waals surface area contributed by atoms with Crippen molar-refractivity contribution in [2.24, 2.45) is 0 Å². The molecule has 4 nitrogen and oxygen atoms in total. The van der Waals surface area contributed by atoms with Gasteiger partial charge in [-0.05, 0) is 37.5 Å². The second-order valence-electron chi connectivity index (χ2n) is 7.13. The van der Waals surface area contributed by atoms with Gasteiger partial charge in [0, 0.05) is 19.5 Å². The highest BCUT2D eigenvalue weighted by atomic mass is 16.2. The van der Waals surface area contributed by atoms with Gasteiger partial charge < -0.3 is 9.47 Å². The molecule has 0 N–H and O–H groups in total. The van der Waals surface area contributed by atoms with Crippen LogP contribution in [0.2, 0.25) is 0 Å².